The summed E-state index contributed by atoms with van der Waals surface area (Å²) in [7, 11) is 0. The first-order valence-electron chi connectivity index (χ1n) is 9.80. The first-order valence-corrected chi connectivity index (χ1v) is 10.6. The molecule has 28 heavy (non-hydrogen) atoms. The zero-order chi connectivity index (χ0) is 19.8. The van der Waals surface area contributed by atoms with Crippen molar-refractivity contribution in [2.24, 2.45) is 5.92 Å². The minimum atomic E-state index is -0.179. The molecule has 1 N–H and O–H groups in total. The maximum absolute atomic E-state index is 13.2. The largest absolute Gasteiger partial charge is 0.488 e. The van der Waals surface area contributed by atoms with E-state index in [0.29, 0.717) is 29.8 Å². The Bertz CT molecular complexity index is 1140. The maximum Gasteiger partial charge on any atom is 0.262 e. The number of aryl methyl sites for hydroxylation is 3. The fourth-order valence-corrected chi connectivity index (χ4v) is 4.95. The number of aromatic nitrogens is 3. The van der Waals surface area contributed by atoms with Crippen molar-refractivity contribution in [3.8, 4) is 5.75 Å². The highest BCUT2D eigenvalue weighted by Gasteiger charge is 2.21. The predicted octanol–water partition coefficient (Wildman–Crippen LogP) is 3.42. The molecule has 0 radical (unpaired) electrons. The summed E-state index contributed by atoms with van der Waals surface area (Å²) in [6, 6.07) is 1.51. The monoisotopic (exact) mass is 399 g/mol. The first kappa shape index (κ1) is 18.9. The molecule has 0 saturated carbocycles. The Morgan fingerprint density at radius 3 is 2.82 bits per heavy atom. The molecule has 0 saturated heterocycles. The van der Waals surface area contributed by atoms with Gasteiger partial charge in [-0.15, -0.1) is 11.3 Å². The minimum absolute atomic E-state index is 0.0112. The maximum atomic E-state index is 13.2. The summed E-state index contributed by atoms with van der Waals surface area (Å²) in [5, 5.41) is 0.768. The topological polar surface area (TPSA) is 77.0 Å². The highest BCUT2D eigenvalue weighted by molar-refractivity contribution is 7.18. The lowest BCUT2D eigenvalue weighted by Crippen LogP contribution is -2.26. The van der Waals surface area contributed by atoms with Crippen molar-refractivity contribution in [1.29, 1.82) is 0 Å². The van der Waals surface area contributed by atoms with Crippen LogP contribution in [0.1, 0.15) is 48.6 Å². The number of nitrogens with one attached hydrogen (secondary N) is 1. The molecule has 0 unspecified atom stereocenters. The second-order valence-corrected chi connectivity index (χ2v) is 8.92. The normalized spacial score (nSPS) is 13.9. The summed E-state index contributed by atoms with van der Waals surface area (Å²) in [4.78, 5) is 35.5. The Hall–Kier alpha value is -2.41. The molecule has 3 aromatic rings. The molecule has 1 aliphatic carbocycles. The van der Waals surface area contributed by atoms with Gasteiger partial charge in [-0.1, -0.05) is 13.8 Å². The van der Waals surface area contributed by atoms with Crippen LogP contribution in [0.5, 0.6) is 5.75 Å². The zero-order valence-electron chi connectivity index (χ0n) is 16.5. The van der Waals surface area contributed by atoms with E-state index < -0.39 is 0 Å². The fourth-order valence-electron chi connectivity index (χ4n) is 3.66. The SMILES string of the molecule is Cc1nc2sc3c(c2c(=O)n1Cc1cc(=O)c(OCC(C)C)c[nH]1)CCCC3. The number of fused-ring (bicyclic) bond motifs is 3. The van der Waals surface area contributed by atoms with Crippen LogP contribution in [0.25, 0.3) is 10.2 Å². The predicted molar refractivity (Wildman–Crippen MR) is 112 cm³/mol. The van der Waals surface area contributed by atoms with Crippen LogP contribution in [0.4, 0.5) is 0 Å². The molecule has 0 bridgehead atoms. The van der Waals surface area contributed by atoms with Gasteiger partial charge in [0, 0.05) is 22.8 Å². The van der Waals surface area contributed by atoms with Crippen LogP contribution in [0.2, 0.25) is 0 Å². The highest BCUT2D eigenvalue weighted by atomic mass is 32.1. The van der Waals surface area contributed by atoms with Gasteiger partial charge in [-0.05, 0) is 44.1 Å². The third kappa shape index (κ3) is 3.51. The highest BCUT2D eigenvalue weighted by Crippen LogP contribution is 2.33. The number of H-pyrrole nitrogens is 1. The molecule has 148 valence electrons. The van der Waals surface area contributed by atoms with E-state index in [1.165, 1.54) is 22.9 Å². The number of ether oxygens (including phenoxy) is 1. The van der Waals surface area contributed by atoms with Gasteiger partial charge in [-0.2, -0.15) is 0 Å². The van der Waals surface area contributed by atoms with E-state index in [4.69, 9.17) is 9.72 Å². The van der Waals surface area contributed by atoms with Gasteiger partial charge in [0.2, 0.25) is 5.43 Å². The van der Waals surface area contributed by atoms with E-state index in [9.17, 15) is 9.59 Å². The lowest BCUT2D eigenvalue weighted by atomic mass is 9.97. The number of aromatic amines is 1. The molecule has 3 aromatic heterocycles. The Morgan fingerprint density at radius 2 is 2.07 bits per heavy atom. The van der Waals surface area contributed by atoms with E-state index in [1.807, 2.05) is 20.8 Å². The van der Waals surface area contributed by atoms with Crippen molar-refractivity contribution in [2.45, 2.75) is 53.0 Å². The molecule has 0 fully saturated rings. The molecule has 0 spiro atoms. The molecule has 4 rings (SSSR count). The summed E-state index contributed by atoms with van der Waals surface area (Å²) in [5.74, 6) is 1.31. The van der Waals surface area contributed by atoms with E-state index in [-0.39, 0.29) is 17.5 Å². The minimum Gasteiger partial charge on any atom is -0.488 e. The van der Waals surface area contributed by atoms with Crippen LogP contribution in [0.15, 0.2) is 21.9 Å². The second-order valence-electron chi connectivity index (χ2n) is 7.83. The van der Waals surface area contributed by atoms with E-state index in [1.54, 1.807) is 22.1 Å². The average molecular weight is 400 g/mol. The van der Waals surface area contributed by atoms with Crippen LogP contribution in [0, 0.1) is 12.8 Å². The number of hydrogen-bond acceptors (Lipinski definition) is 5. The molecular formula is C21H25N3O3S. The molecular weight excluding hydrogens is 374 g/mol. The number of thiophene rings is 1. The molecule has 0 aliphatic heterocycles. The van der Waals surface area contributed by atoms with Crippen molar-refractivity contribution < 1.29 is 4.74 Å². The van der Waals surface area contributed by atoms with E-state index >= 15 is 0 Å². The lowest BCUT2D eigenvalue weighted by molar-refractivity contribution is 0.267. The molecule has 0 atom stereocenters. The standard InChI is InChI=1S/C21H25N3O3S/c1-12(2)11-27-17-9-22-14(8-16(17)25)10-24-13(3)23-20-19(21(24)26)15-6-4-5-7-18(15)28-20/h8-9,12H,4-7,10-11H2,1-3H3,(H,22,25). The number of hydrogen-bond donors (Lipinski definition) is 1. The van der Waals surface area contributed by atoms with Crippen LogP contribution >= 0.6 is 11.3 Å². The van der Waals surface area contributed by atoms with E-state index in [2.05, 4.69) is 4.98 Å². The quantitative estimate of drug-likeness (QED) is 0.713. The third-order valence-corrected chi connectivity index (χ3v) is 6.29. The van der Waals surface area contributed by atoms with Crippen molar-refractivity contribution in [1.82, 2.24) is 14.5 Å². The number of pyridine rings is 1. The fraction of sp³-hybridized carbons (Fsp3) is 0.476. The van der Waals surface area contributed by atoms with Crippen LogP contribution in [0.3, 0.4) is 0 Å². The van der Waals surface area contributed by atoms with Gasteiger partial charge in [0.05, 0.1) is 18.5 Å². The lowest BCUT2D eigenvalue weighted by Gasteiger charge is -2.13. The summed E-state index contributed by atoms with van der Waals surface area (Å²) in [6.45, 7) is 6.69. The van der Waals surface area contributed by atoms with Gasteiger partial charge in [0.1, 0.15) is 10.7 Å². The van der Waals surface area contributed by atoms with Crippen molar-refractivity contribution in [3.63, 3.8) is 0 Å². The summed E-state index contributed by atoms with van der Waals surface area (Å²) in [6.07, 6.45) is 5.88. The Balaban J connectivity index is 1.69. The molecule has 0 aromatic carbocycles. The van der Waals surface area contributed by atoms with Crippen molar-refractivity contribution in [3.05, 3.63) is 54.8 Å². The first-order chi connectivity index (χ1) is 13.4. The van der Waals surface area contributed by atoms with Gasteiger partial charge >= 0.3 is 0 Å². The number of nitrogens with zero attached hydrogens (tertiary/aromatic N) is 2. The van der Waals surface area contributed by atoms with Crippen LogP contribution in [-0.4, -0.2) is 21.1 Å². The van der Waals surface area contributed by atoms with Gasteiger partial charge in [-0.3, -0.25) is 14.2 Å². The van der Waals surface area contributed by atoms with E-state index in [0.717, 1.165) is 29.5 Å². The van der Waals surface area contributed by atoms with Gasteiger partial charge < -0.3 is 9.72 Å². The van der Waals surface area contributed by atoms with Crippen molar-refractivity contribution in [2.75, 3.05) is 6.61 Å². The smallest absolute Gasteiger partial charge is 0.262 e. The van der Waals surface area contributed by atoms with Crippen LogP contribution in [-0.2, 0) is 19.4 Å². The van der Waals surface area contributed by atoms with Crippen LogP contribution < -0.4 is 15.7 Å². The molecule has 3 heterocycles. The summed E-state index contributed by atoms with van der Waals surface area (Å²) < 4.78 is 7.19. The van der Waals surface area contributed by atoms with Gasteiger partial charge in [-0.25, -0.2) is 4.98 Å². The molecule has 7 heteroatoms. The molecule has 1 aliphatic rings. The Kier molecular flexibility index (Phi) is 5.10. The van der Waals surface area contributed by atoms with Crippen molar-refractivity contribution >= 4 is 21.6 Å². The van der Waals surface area contributed by atoms with Gasteiger partial charge in [0.15, 0.2) is 5.75 Å². The number of rotatable bonds is 5. The average Bonchev–Trinajstić information content (AvgIpc) is 3.02. The second kappa shape index (κ2) is 7.54. The Labute approximate surface area is 167 Å². The summed E-state index contributed by atoms with van der Waals surface area (Å²) >= 11 is 1.66. The zero-order valence-corrected chi connectivity index (χ0v) is 17.3. The molecule has 0 amide bonds. The van der Waals surface area contributed by atoms with Gasteiger partial charge in [0.25, 0.3) is 5.56 Å². The molecule has 6 nitrogen and oxygen atoms in total. The third-order valence-electron chi connectivity index (χ3n) is 5.10. The Morgan fingerprint density at radius 1 is 1.29 bits per heavy atom. The summed E-state index contributed by atoms with van der Waals surface area (Å²) in [5.41, 5.74) is 1.66.